The number of hydrogen-bond acceptors (Lipinski definition) is 2. The van der Waals surface area contributed by atoms with Gasteiger partial charge in [-0.25, -0.2) is 4.39 Å². The lowest BCUT2D eigenvalue weighted by atomic mass is 10.1. The summed E-state index contributed by atoms with van der Waals surface area (Å²) in [6.45, 7) is 2.71. The molecule has 0 bridgehead atoms. The average molecular weight is 202 g/mol. The van der Waals surface area contributed by atoms with Gasteiger partial charge >= 0.3 is 0 Å². The van der Waals surface area contributed by atoms with E-state index in [2.05, 4.69) is 17.2 Å². The van der Waals surface area contributed by atoms with E-state index >= 15 is 0 Å². The van der Waals surface area contributed by atoms with Gasteiger partial charge in [-0.3, -0.25) is 0 Å². The van der Waals surface area contributed by atoms with Crippen LogP contribution in [0.5, 0.6) is 0 Å². The van der Waals surface area contributed by atoms with Crippen LogP contribution in [0, 0.1) is 29.0 Å². The van der Waals surface area contributed by atoms with Gasteiger partial charge in [0.25, 0.3) is 0 Å². The van der Waals surface area contributed by atoms with Gasteiger partial charge < -0.3 is 5.32 Å². The number of nitriles is 1. The van der Waals surface area contributed by atoms with Gasteiger partial charge in [-0.1, -0.05) is 12.0 Å². The molecule has 15 heavy (non-hydrogen) atoms. The Morgan fingerprint density at radius 2 is 2.27 bits per heavy atom. The first kappa shape index (κ1) is 11.2. The normalized spacial score (nSPS) is 8.87. The summed E-state index contributed by atoms with van der Waals surface area (Å²) >= 11 is 0. The molecule has 0 radical (unpaired) electrons. The molecule has 0 aliphatic heterocycles. The predicted octanol–water partition coefficient (Wildman–Crippen LogP) is 1.81. The van der Waals surface area contributed by atoms with Crippen LogP contribution >= 0.6 is 0 Å². The van der Waals surface area contributed by atoms with Gasteiger partial charge in [0.1, 0.15) is 5.82 Å². The highest BCUT2D eigenvalue weighted by molar-refractivity contribution is 5.32. The van der Waals surface area contributed by atoms with Crippen molar-refractivity contribution in [2.45, 2.75) is 13.5 Å². The number of hydrogen-bond donors (Lipinski definition) is 1. The maximum absolute atomic E-state index is 13.3. The minimum Gasteiger partial charge on any atom is -0.302 e. The lowest BCUT2D eigenvalue weighted by Gasteiger charge is -2.03. The Kier molecular flexibility index (Phi) is 4.34. The van der Waals surface area contributed by atoms with Crippen LogP contribution in [0.4, 0.5) is 4.39 Å². The van der Waals surface area contributed by atoms with Crippen LogP contribution in [0.1, 0.15) is 18.1 Å². The van der Waals surface area contributed by atoms with E-state index in [-0.39, 0.29) is 5.82 Å². The third-order valence-corrected chi connectivity index (χ3v) is 1.89. The summed E-state index contributed by atoms with van der Waals surface area (Å²) in [4.78, 5) is 0. The van der Waals surface area contributed by atoms with E-state index < -0.39 is 0 Å². The summed E-state index contributed by atoms with van der Waals surface area (Å²) in [5.41, 5.74) is 0.886. The maximum atomic E-state index is 13.3. The van der Waals surface area contributed by atoms with E-state index in [9.17, 15) is 4.39 Å². The molecule has 0 aliphatic rings. The van der Waals surface area contributed by atoms with Crippen molar-refractivity contribution in [3.05, 3.63) is 35.1 Å². The topological polar surface area (TPSA) is 35.8 Å². The minimum atomic E-state index is -0.356. The van der Waals surface area contributed by atoms with E-state index in [1.165, 1.54) is 6.07 Å². The molecule has 2 nitrogen and oxygen atoms in total. The van der Waals surface area contributed by atoms with Crippen LogP contribution in [0.2, 0.25) is 0 Å². The van der Waals surface area contributed by atoms with Crippen molar-refractivity contribution in [2.24, 2.45) is 0 Å². The summed E-state index contributed by atoms with van der Waals surface area (Å²) in [7, 11) is 0. The minimum absolute atomic E-state index is 0.338. The van der Waals surface area contributed by atoms with Crippen molar-refractivity contribution >= 4 is 0 Å². The Morgan fingerprint density at radius 1 is 1.47 bits per heavy atom. The fourth-order valence-corrected chi connectivity index (χ4v) is 1.11. The zero-order valence-electron chi connectivity index (χ0n) is 8.47. The molecule has 1 aromatic rings. The van der Waals surface area contributed by atoms with Gasteiger partial charge in [0.2, 0.25) is 0 Å². The van der Waals surface area contributed by atoms with Crippen LogP contribution in [0.25, 0.3) is 0 Å². The van der Waals surface area contributed by atoms with Gasteiger partial charge in [0, 0.05) is 12.1 Å². The fourth-order valence-electron chi connectivity index (χ4n) is 1.11. The lowest BCUT2D eigenvalue weighted by Crippen LogP contribution is -2.14. The Bertz CT molecular complexity index is 435. The van der Waals surface area contributed by atoms with Crippen molar-refractivity contribution in [2.75, 3.05) is 6.54 Å². The molecule has 0 unspecified atom stereocenters. The van der Waals surface area contributed by atoms with Gasteiger partial charge in [0.15, 0.2) is 0 Å². The second-order valence-corrected chi connectivity index (χ2v) is 2.95. The number of halogens is 1. The van der Waals surface area contributed by atoms with Crippen LogP contribution in [0.15, 0.2) is 18.2 Å². The summed E-state index contributed by atoms with van der Waals surface area (Å²) in [6.07, 6.45) is 0. The lowest BCUT2D eigenvalue weighted by molar-refractivity contribution is 0.597. The Hall–Kier alpha value is -1.84. The van der Waals surface area contributed by atoms with E-state index in [4.69, 9.17) is 5.26 Å². The first-order valence-electron chi connectivity index (χ1n) is 4.56. The Balaban J connectivity index is 2.61. The molecule has 0 saturated carbocycles. The molecule has 1 aromatic carbocycles. The highest BCUT2D eigenvalue weighted by Gasteiger charge is 2.02. The van der Waals surface area contributed by atoms with Gasteiger partial charge in [-0.05, 0) is 19.1 Å². The number of benzene rings is 1. The Morgan fingerprint density at radius 3 is 2.87 bits per heavy atom. The van der Waals surface area contributed by atoms with Crippen molar-refractivity contribution < 1.29 is 4.39 Å². The molecule has 1 rings (SSSR count). The zero-order chi connectivity index (χ0) is 11.1. The zero-order valence-corrected chi connectivity index (χ0v) is 8.47. The second kappa shape index (κ2) is 5.80. The van der Waals surface area contributed by atoms with E-state index in [0.29, 0.717) is 24.2 Å². The van der Waals surface area contributed by atoms with Crippen LogP contribution < -0.4 is 5.32 Å². The van der Waals surface area contributed by atoms with E-state index in [1.54, 1.807) is 19.1 Å². The van der Waals surface area contributed by atoms with Crippen molar-refractivity contribution in [3.8, 4) is 17.9 Å². The first-order chi connectivity index (χ1) is 7.27. The van der Waals surface area contributed by atoms with Crippen molar-refractivity contribution in [1.82, 2.24) is 5.32 Å². The van der Waals surface area contributed by atoms with Crippen LogP contribution in [0.3, 0.4) is 0 Å². The Labute approximate surface area is 88.7 Å². The van der Waals surface area contributed by atoms with Crippen molar-refractivity contribution in [1.29, 1.82) is 5.26 Å². The van der Waals surface area contributed by atoms with Gasteiger partial charge in [0.05, 0.1) is 18.2 Å². The molecule has 0 heterocycles. The largest absolute Gasteiger partial charge is 0.302 e. The molecule has 0 spiro atoms. The summed E-state index contributed by atoms with van der Waals surface area (Å²) < 4.78 is 13.3. The standard InChI is InChI=1S/C12H11FN2/c1-2-3-6-15-9-11-5-4-10(8-14)7-12(11)13/h4-5,7,15H,6,9H2,1H3. The van der Waals surface area contributed by atoms with Crippen molar-refractivity contribution in [3.63, 3.8) is 0 Å². The number of nitrogens with one attached hydrogen (secondary N) is 1. The van der Waals surface area contributed by atoms with Gasteiger partial charge in [-0.15, -0.1) is 5.92 Å². The number of rotatable bonds is 3. The van der Waals surface area contributed by atoms with Crippen LogP contribution in [-0.2, 0) is 6.54 Å². The fraction of sp³-hybridized carbons (Fsp3) is 0.250. The molecule has 0 atom stereocenters. The van der Waals surface area contributed by atoms with E-state index in [1.807, 2.05) is 6.07 Å². The third-order valence-electron chi connectivity index (χ3n) is 1.89. The average Bonchev–Trinajstić information content (AvgIpc) is 2.26. The third kappa shape index (κ3) is 3.42. The maximum Gasteiger partial charge on any atom is 0.129 e. The molecular formula is C12H11FN2. The molecule has 0 saturated heterocycles. The molecule has 1 N–H and O–H groups in total. The SMILES string of the molecule is CC#CCNCc1ccc(C#N)cc1F. The molecule has 0 aliphatic carbocycles. The molecule has 76 valence electrons. The monoisotopic (exact) mass is 202 g/mol. The summed E-state index contributed by atoms with van der Waals surface area (Å²) in [6, 6.07) is 6.34. The summed E-state index contributed by atoms with van der Waals surface area (Å²) in [5.74, 6) is 5.21. The summed E-state index contributed by atoms with van der Waals surface area (Å²) in [5, 5.41) is 11.5. The highest BCUT2D eigenvalue weighted by Crippen LogP contribution is 2.09. The van der Waals surface area contributed by atoms with Gasteiger partial charge in [-0.2, -0.15) is 5.26 Å². The molecule has 0 amide bonds. The smallest absolute Gasteiger partial charge is 0.129 e. The second-order valence-electron chi connectivity index (χ2n) is 2.95. The molecule has 3 heteroatoms. The first-order valence-corrected chi connectivity index (χ1v) is 4.56. The molecule has 0 aromatic heterocycles. The molecular weight excluding hydrogens is 191 g/mol. The van der Waals surface area contributed by atoms with Crippen LogP contribution in [-0.4, -0.2) is 6.54 Å². The highest BCUT2D eigenvalue weighted by atomic mass is 19.1. The molecule has 0 fully saturated rings. The van der Waals surface area contributed by atoms with E-state index in [0.717, 1.165) is 0 Å². The number of nitrogens with zero attached hydrogens (tertiary/aromatic N) is 1. The predicted molar refractivity (Wildman–Crippen MR) is 56.3 cm³/mol. The quantitative estimate of drug-likeness (QED) is 0.599.